The Morgan fingerprint density at radius 2 is 1.66 bits per heavy atom. The minimum absolute atomic E-state index is 0.00518. The van der Waals surface area contributed by atoms with E-state index in [1.54, 1.807) is 24.3 Å². The minimum Gasteiger partial charge on any atom is -0.490 e. The van der Waals surface area contributed by atoms with Gasteiger partial charge in [0.1, 0.15) is 5.75 Å². The van der Waals surface area contributed by atoms with Crippen LogP contribution in [0.1, 0.15) is 31.4 Å². The van der Waals surface area contributed by atoms with Gasteiger partial charge in [-0.2, -0.15) is 8.78 Å². The van der Waals surface area contributed by atoms with Gasteiger partial charge < -0.3 is 14.2 Å². The molecular weight excluding hydrogens is 445 g/mol. The van der Waals surface area contributed by atoms with E-state index < -0.39 is 17.6 Å². The van der Waals surface area contributed by atoms with Gasteiger partial charge in [-0.3, -0.25) is 0 Å². The van der Waals surface area contributed by atoms with E-state index in [4.69, 9.17) is 44.3 Å². The van der Waals surface area contributed by atoms with Crippen molar-refractivity contribution in [2.45, 2.75) is 37.9 Å². The van der Waals surface area contributed by atoms with Gasteiger partial charge in [0.25, 0.3) is 0 Å². The SMILES string of the molecule is CC(C)(c1ccc(OC(F)(F)C2CO2)cc1)c1cc(Cl)c(OCCCCl)c(Cl)c1. The summed E-state index contributed by atoms with van der Waals surface area (Å²) in [5.41, 5.74) is 1.27. The van der Waals surface area contributed by atoms with Crippen LogP contribution in [0, 0.1) is 0 Å². The maximum atomic E-state index is 13.7. The smallest absolute Gasteiger partial charge is 0.427 e. The van der Waals surface area contributed by atoms with E-state index in [0.717, 1.165) is 11.1 Å². The number of rotatable bonds is 9. The Balaban J connectivity index is 1.79. The maximum absolute atomic E-state index is 13.7. The van der Waals surface area contributed by atoms with Crippen molar-refractivity contribution in [2.24, 2.45) is 0 Å². The number of alkyl halides is 3. The monoisotopic (exact) mass is 464 g/mol. The Kier molecular flexibility index (Phi) is 6.84. The maximum Gasteiger partial charge on any atom is 0.427 e. The molecule has 0 spiro atoms. The lowest BCUT2D eigenvalue weighted by Crippen LogP contribution is -2.31. The van der Waals surface area contributed by atoms with Crippen molar-refractivity contribution >= 4 is 34.8 Å². The number of epoxide rings is 1. The molecular formula is C21H21Cl3F2O3. The van der Waals surface area contributed by atoms with Crippen LogP contribution in [0.3, 0.4) is 0 Å². The summed E-state index contributed by atoms with van der Waals surface area (Å²) < 4.78 is 42.5. The van der Waals surface area contributed by atoms with Crippen molar-refractivity contribution in [3.05, 3.63) is 57.6 Å². The van der Waals surface area contributed by atoms with Gasteiger partial charge in [0, 0.05) is 11.3 Å². The molecule has 0 aromatic heterocycles. The molecule has 1 aliphatic rings. The molecule has 1 heterocycles. The standard InChI is InChI=1S/C21H21Cl3F2O3/c1-20(2,14-10-16(23)19(17(24)11-14)27-9-3-8-22)13-4-6-15(7-5-13)29-21(25,26)18-12-28-18/h4-7,10-11,18H,3,8-9,12H2,1-2H3. The van der Waals surface area contributed by atoms with Crippen LogP contribution in [-0.4, -0.2) is 31.3 Å². The van der Waals surface area contributed by atoms with Crippen molar-refractivity contribution in [2.75, 3.05) is 19.1 Å². The third-order valence-electron chi connectivity index (χ3n) is 4.78. The lowest BCUT2D eigenvalue weighted by molar-refractivity contribution is -0.190. The Labute approximate surface area is 183 Å². The molecule has 0 N–H and O–H groups in total. The van der Waals surface area contributed by atoms with Gasteiger partial charge in [-0.25, -0.2) is 0 Å². The molecule has 0 bridgehead atoms. The second-order valence-electron chi connectivity index (χ2n) is 7.30. The van der Waals surface area contributed by atoms with Crippen LogP contribution >= 0.6 is 34.8 Å². The molecule has 0 aliphatic carbocycles. The van der Waals surface area contributed by atoms with Gasteiger partial charge in [-0.1, -0.05) is 49.2 Å². The predicted molar refractivity (Wildman–Crippen MR) is 111 cm³/mol. The molecule has 158 valence electrons. The summed E-state index contributed by atoms with van der Waals surface area (Å²) in [6.45, 7) is 4.41. The van der Waals surface area contributed by atoms with Crippen LogP contribution in [0.25, 0.3) is 0 Å². The minimum atomic E-state index is -3.34. The van der Waals surface area contributed by atoms with E-state index in [0.29, 0.717) is 34.7 Å². The molecule has 0 saturated carbocycles. The molecule has 29 heavy (non-hydrogen) atoms. The van der Waals surface area contributed by atoms with Gasteiger partial charge in [-0.15, -0.1) is 11.6 Å². The molecule has 1 unspecified atom stereocenters. The highest BCUT2D eigenvalue weighted by Crippen LogP contribution is 2.41. The summed E-state index contributed by atoms with van der Waals surface area (Å²) >= 11 is 18.4. The van der Waals surface area contributed by atoms with E-state index in [1.165, 1.54) is 12.1 Å². The Hall–Kier alpha value is -1.27. The van der Waals surface area contributed by atoms with E-state index >= 15 is 0 Å². The zero-order valence-electron chi connectivity index (χ0n) is 16.0. The number of halogens is 5. The predicted octanol–water partition coefficient (Wildman–Crippen LogP) is 6.70. The fourth-order valence-electron chi connectivity index (χ4n) is 2.86. The normalized spacial score (nSPS) is 16.6. The molecule has 8 heteroatoms. The van der Waals surface area contributed by atoms with Crippen LogP contribution in [0.2, 0.25) is 10.0 Å². The number of hydrogen-bond donors (Lipinski definition) is 0. The van der Waals surface area contributed by atoms with E-state index in [1.807, 2.05) is 13.8 Å². The molecule has 0 radical (unpaired) electrons. The van der Waals surface area contributed by atoms with Gasteiger partial charge in [-0.05, 0) is 41.8 Å². The average Bonchev–Trinajstić information content (AvgIpc) is 3.50. The van der Waals surface area contributed by atoms with Gasteiger partial charge in [0.05, 0.1) is 23.3 Å². The van der Waals surface area contributed by atoms with Crippen molar-refractivity contribution < 1.29 is 23.0 Å². The summed E-state index contributed by atoms with van der Waals surface area (Å²) in [6.07, 6.45) is -3.83. The molecule has 2 aromatic carbocycles. The largest absolute Gasteiger partial charge is 0.490 e. The Bertz CT molecular complexity index is 830. The second kappa shape index (κ2) is 8.84. The molecule has 1 fully saturated rings. The first kappa shape index (κ1) is 22.4. The van der Waals surface area contributed by atoms with Gasteiger partial charge in [0.2, 0.25) is 0 Å². The highest BCUT2D eigenvalue weighted by atomic mass is 35.5. The zero-order valence-corrected chi connectivity index (χ0v) is 18.3. The molecule has 0 amide bonds. The fourth-order valence-corrected chi connectivity index (χ4v) is 3.56. The van der Waals surface area contributed by atoms with Crippen molar-refractivity contribution in [3.63, 3.8) is 0 Å². The van der Waals surface area contributed by atoms with E-state index in [-0.39, 0.29) is 12.4 Å². The fraction of sp³-hybridized carbons (Fsp3) is 0.429. The second-order valence-corrected chi connectivity index (χ2v) is 8.49. The lowest BCUT2D eigenvalue weighted by Gasteiger charge is -2.27. The topological polar surface area (TPSA) is 31.0 Å². The first-order valence-electron chi connectivity index (χ1n) is 9.12. The van der Waals surface area contributed by atoms with Gasteiger partial charge in [0.15, 0.2) is 11.9 Å². The van der Waals surface area contributed by atoms with Crippen LogP contribution in [0.15, 0.2) is 36.4 Å². The Morgan fingerprint density at radius 3 is 2.17 bits per heavy atom. The summed E-state index contributed by atoms with van der Waals surface area (Å²) in [5.74, 6) is 0.982. The third-order valence-corrected chi connectivity index (χ3v) is 5.61. The van der Waals surface area contributed by atoms with Crippen LogP contribution in [-0.2, 0) is 10.2 Å². The Morgan fingerprint density at radius 1 is 1.07 bits per heavy atom. The number of benzene rings is 2. The molecule has 1 aliphatic heterocycles. The summed E-state index contributed by atoms with van der Waals surface area (Å²) in [5, 5.41) is 0.804. The van der Waals surface area contributed by atoms with Crippen molar-refractivity contribution in [1.82, 2.24) is 0 Å². The van der Waals surface area contributed by atoms with Crippen molar-refractivity contribution in [1.29, 1.82) is 0 Å². The highest BCUT2D eigenvalue weighted by molar-refractivity contribution is 6.37. The number of ether oxygens (including phenoxy) is 3. The molecule has 1 saturated heterocycles. The van der Waals surface area contributed by atoms with Gasteiger partial charge >= 0.3 is 6.11 Å². The first-order chi connectivity index (χ1) is 13.6. The molecule has 3 rings (SSSR count). The molecule has 3 nitrogen and oxygen atoms in total. The lowest BCUT2D eigenvalue weighted by atomic mass is 9.78. The average molecular weight is 466 g/mol. The number of hydrogen-bond acceptors (Lipinski definition) is 3. The summed E-state index contributed by atoms with van der Waals surface area (Å²) in [7, 11) is 0. The quantitative estimate of drug-likeness (QED) is 0.235. The van der Waals surface area contributed by atoms with Crippen LogP contribution in [0.5, 0.6) is 11.5 Å². The molecule has 2 aromatic rings. The highest BCUT2D eigenvalue weighted by Gasteiger charge is 2.51. The van der Waals surface area contributed by atoms with E-state index in [2.05, 4.69) is 4.74 Å². The summed E-state index contributed by atoms with van der Waals surface area (Å²) in [4.78, 5) is 0. The van der Waals surface area contributed by atoms with E-state index in [9.17, 15) is 8.78 Å². The molecule has 1 atom stereocenters. The third kappa shape index (κ3) is 5.26. The van der Waals surface area contributed by atoms with Crippen LogP contribution < -0.4 is 9.47 Å². The van der Waals surface area contributed by atoms with Crippen LogP contribution in [0.4, 0.5) is 8.78 Å². The van der Waals surface area contributed by atoms with Crippen molar-refractivity contribution in [3.8, 4) is 11.5 Å². The first-order valence-corrected chi connectivity index (χ1v) is 10.4. The summed E-state index contributed by atoms with van der Waals surface area (Å²) in [6, 6.07) is 10.1. The zero-order chi connectivity index (χ0) is 21.2.